The topological polar surface area (TPSA) is 119 Å². The maximum atomic E-state index is 14.2. The first kappa shape index (κ1) is 30.5. The molecule has 1 unspecified atom stereocenters. The lowest BCUT2D eigenvalue weighted by atomic mass is 9.79. The van der Waals surface area contributed by atoms with Crippen LogP contribution in [0, 0.1) is 11.3 Å². The van der Waals surface area contributed by atoms with E-state index in [1.165, 1.54) is 12.3 Å². The maximum absolute atomic E-state index is 14.2. The van der Waals surface area contributed by atoms with Crippen LogP contribution in [-0.4, -0.2) is 65.2 Å². The van der Waals surface area contributed by atoms with Crippen molar-refractivity contribution in [3.05, 3.63) is 82.4 Å². The molecule has 45 heavy (non-hydrogen) atoms. The number of hydrogen-bond donors (Lipinski definition) is 4. The SMILES string of the molecule is CN1CCN(Cc2ccc(NC(=O)C3CCc4c(c(-c5ccc(O)cc5)nc5ccc(N)c(C=N)c45)C3)cc2C(F)(F)F)CC1. The highest BCUT2D eigenvalue weighted by molar-refractivity contribution is 6.05. The zero-order valence-corrected chi connectivity index (χ0v) is 24.9. The average molecular weight is 617 g/mol. The number of aromatic nitrogens is 1. The molecule has 1 fully saturated rings. The van der Waals surface area contributed by atoms with Crippen LogP contribution in [-0.2, 0) is 30.4 Å². The van der Waals surface area contributed by atoms with Gasteiger partial charge in [-0.05, 0) is 91.5 Å². The van der Waals surface area contributed by atoms with Gasteiger partial charge in [0.1, 0.15) is 5.75 Å². The standard InChI is InChI=1S/C34H35F3N6O2/c1-42-12-14-43(15-13-42)19-22-2-6-23(17-28(22)34(35,36)37)40-33(45)21-5-9-25-26(16-21)32(20-3-7-24(44)8-4-20)41-30-11-10-29(39)27(18-38)31(25)30/h2-4,6-8,10-11,17-18,21,38,44H,5,9,12-16,19,39H2,1H3,(H,40,45). The number of alkyl halides is 3. The Hall–Kier alpha value is -4.48. The van der Waals surface area contributed by atoms with E-state index in [-0.39, 0.29) is 29.5 Å². The second kappa shape index (κ2) is 12.1. The minimum absolute atomic E-state index is 0.106. The van der Waals surface area contributed by atoms with Gasteiger partial charge in [0.2, 0.25) is 5.91 Å². The van der Waals surface area contributed by atoms with Gasteiger partial charge in [0.05, 0.1) is 16.8 Å². The number of nitrogen functional groups attached to an aromatic ring is 1. The summed E-state index contributed by atoms with van der Waals surface area (Å²) in [6, 6.07) is 14.2. The maximum Gasteiger partial charge on any atom is 0.416 e. The van der Waals surface area contributed by atoms with E-state index in [0.29, 0.717) is 54.8 Å². The quantitative estimate of drug-likeness (QED) is 0.163. The van der Waals surface area contributed by atoms with E-state index in [1.54, 1.807) is 36.4 Å². The summed E-state index contributed by atoms with van der Waals surface area (Å²) in [5, 5.41) is 21.4. The minimum atomic E-state index is -4.56. The van der Waals surface area contributed by atoms with Crippen LogP contribution in [0.15, 0.2) is 54.6 Å². The van der Waals surface area contributed by atoms with Crippen LogP contribution in [0.3, 0.4) is 0 Å². The normalized spacial score (nSPS) is 17.6. The number of pyridine rings is 1. The average Bonchev–Trinajstić information content (AvgIpc) is 3.02. The molecule has 1 atom stereocenters. The smallest absolute Gasteiger partial charge is 0.416 e. The van der Waals surface area contributed by atoms with Crippen molar-refractivity contribution in [3.8, 4) is 17.0 Å². The van der Waals surface area contributed by atoms with E-state index in [1.807, 2.05) is 18.0 Å². The Morgan fingerprint density at radius 1 is 1.09 bits per heavy atom. The Balaban J connectivity index is 1.30. The molecule has 0 saturated carbocycles. The number of piperazine rings is 1. The summed E-state index contributed by atoms with van der Waals surface area (Å²) in [6.07, 6.45) is -2.08. The lowest BCUT2D eigenvalue weighted by Crippen LogP contribution is -2.44. The molecule has 2 aliphatic rings. The van der Waals surface area contributed by atoms with Crippen LogP contribution in [0.2, 0.25) is 0 Å². The predicted molar refractivity (Wildman–Crippen MR) is 170 cm³/mol. The Kier molecular flexibility index (Phi) is 8.23. The van der Waals surface area contributed by atoms with Crippen LogP contribution < -0.4 is 11.1 Å². The van der Waals surface area contributed by atoms with E-state index in [9.17, 15) is 23.1 Å². The number of carbonyl (C=O) groups is 1. The van der Waals surface area contributed by atoms with Crippen molar-refractivity contribution in [1.82, 2.24) is 14.8 Å². The number of phenolic OH excluding ortho intramolecular Hbond substituents is 1. The minimum Gasteiger partial charge on any atom is -0.508 e. The Morgan fingerprint density at radius 3 is 2.51 bits per heavy atom. The van der Waals surface area contributed by atoms with E-state index < -0.39 is 17.7 Å². The molecule has 2 heterocycles. The van der Waals surface area contributed by atoms with E-state index in [4.69, 9.17) is 16.1 Å². The van der Waals surface area contributed by atoms with Gasteiger partial charge in [-0.25, -0.2) is 4.98 Å². The molecular formula is C34H35F3N6O2. The van der Waals surface area contributed by atoms with Crippen LogP contribution in [0.4, 0.5) is 24.5 Å². The molecule has 1 aliphatic heterocycles. The molecule has 6 rings (SSSR count). The molecule has 1 aliphatic carbocycles. The molecular weight excluding hydrogens is 581 g/mol. The molecule has 1 aromatic heterocycles. The summed E-state index contributed by atoms with van der Waals surface area (Å²) in [4.78, 5) is 22.7. The third-order valence-electron chi connectivity index (χ3n) is 8.96. The van der Waals surface area contributed by atoms with Crippen molar-refractivity contribution in [2.75, 3.05) is 44.3 Å². The fourth-order valence-corrected chi connectivity index (χ4v) is 6.46. The molecule has 8 nitrogen and oxygen atoms in total. The fourth-order valence-electron chi connectivity index (χ4n) is 6.46. The number of fused-ring (bicyclic) bond motifs is 3. The predicted octanol–water partition coefficient (Wildman–Crippen LogP) is 5.70. The number of carbonyl (C=O) groups excluding carboxylic acids is 1. The Labute approximate surface area is 259 Å². The number of nitrogens with two attached hydrogens (primary N) is 1. The molecule has 0 radical (unpaired) electrons. The number of benzene rings is 3. The van der Waals surface area contributed by atoms with Crippen LogP contribution >= 0.6 is 0 Å². The Morgan fingerprint density at radius 2 is 1.82 bits per heavy atom. The van der Waals surface area contributed by atoms with Gasteiger partial charge >= 0.3 is 6.18 Å². The van der Waals surface area contributed by atoms with Crippen LogP contribution in [0.5, 0.6) is 5.75 Å². The fraction of sp³-hybridized carbons (Fsp3) is 0.324. The summed E-state index contributed by atoms with van der Waals surface area (Å²) >= 11 is 0. The first-order chi connectivity index (χ1) is 21.5. The number of rotatable bonds is 6. The molecule has 4 aromatic rings. The van der Waals surface area contributed by atoms with Crippen molar-refractivity contribution in [1.29, 1.82) is 5.41 Å². The summed E-state index contributed by atoms with van der Waals surface area (Å²) < 4.78 is 42.5. The van der Waals surface area contributed by atoms with E-state index in [0.717, 1.165) is 41.2 Å². The number of aromatic hydroxyl groups is 1. The second-order valence-electron chi connectivity index (χ2n) is 11.9. The van der Waals surface area contributed by atoms with E-state index in [2.05, 4.69) is 10.2 Å². The largest absolute Gasteiger partial charge is 0.508 e. The van der Waals surface area contributed by atoms with Gasteiger partial charge in [-0.15, -0.1) is 0 Å². The number of phenols is 1. The van der Waals surface area contributed by atoms with Gasteiger partial charge in [0.15, 0.2) is 0 Å². The van der Waals surface area contributed by atoms with Crippen molar-refractivity contribution in [3.63, 3.8) is 0 Å². The summed E-state index contributed by atoms with van der Waals surface area (Å²) in [7, 11) is 2.00. The number of hydrogen-bond acceptors (Lipinski definition) is 7. The van der Waals surface area contributed by atoms with Crippen molar-refractivity contribution in [2.24, 2.45) is 5.92 Å². The molecule has 1 amide bonds. The molecule has 3 aromatic carbocycles. The van der Waals surface area contributed by atoms with Gasteiger partial charge in [-0.1, -0.05) is 6.07 Å². The summed E-state index contributed by atoms with van der Waals surface area (Å²) in [5.74, 6) is -0.772. The number of likely N-dealkylation sites (N-methyl/N-ethyl adjacent to an activating group) is 1. The number of amides is 1. The highest BCUT2D eigenvalue weighted by atomic mass is 19.4. The number of halogens is 3. The number of anilines is 2. The number of nitrogens with one attached hydrogen (secondary N) is 2. The van der Waals surface area contributed by atoms with Crippen molar-refractivity contribution < 1.29 is 23.1 Å². The van der Waals surface area contributed by atoms with Crippen LogP contribution in [0.25, 0.3) is 22.2 Å². The van der Waals surface area contributed by atoms with Gasteiger partial charge in [0.25, 0.3) is 0 Å². The lowest BCUT2D eigenvalue weighted by molar-refractivity contribution is -0.138. The lowest BCUT2D eigenvalue weighted by Gasteiger charge is -2.33. The molecule has 0 spiro atoms. The third kappa shape index (κ3) is 6.23. The van der Waals surface area contributed by atoms with Gasteiger partial charge < -0.3 is 26.5 Å². The van der Waals surface area contributed by atoms with Crippen LogP contribution in [0.1, 0.15) is 34.2 Å². The van der Waals surface area contributed by atoms with Gasteiger partial charge in [0, 0.05) is 72.7 Å². The zero-order chi connectivity index (χ0) is 31.9. The summed E-state index contributed by atoms with van der Waals surface area (Å²) in [5.41, 5.74) is 10.6. The highest BCUT2D eigenvalue weighted by Crippen LogP contribution is 2.40. The van der Waals surface area contributed by atoms with Gasteiger partial charge in [-0.3, -0.25) is 9.69 Å². The molecule has 11 heteroatoms. The van der Waals surface area contributed by atoms with Crippen molar-refractivity contribution >= 4 is 34.4 Å². The number of nitrogens with zero attached hydrogens (tertiary/aromatic N) is 3. The first-order valence-corrected chi connectivity index (χ1v) is 15.0. The molecule has 234 valence electrons. The van der Waals surface area contributed by atoms with Gasteiger partial charge in [-0.2, -0.15) is 13.2 Å². The molecule has 0 bridgehead atoms. The summed E-state index contributed by atoms with van der Waals surface area (Å²) in [6.45, 7) is 3.19. The van der Waals surface area contributed by atoms with Crippen molar-refractivity contribution in [2.45, 2.75) is 32.0 Å². The third-order valence-corrected chi connectivity index (χ3v) is 8.96. The second-order valence-corrected chi connectivity index (χ2v) is 11.9. The highest BCUT2D eigenvalue weighted by Gasteiger charge is 2.35. The Bertz CT molecular complexity index is 1770. The monoisotopic (exact) mass is 616 g/mol. The zero-order valence-electron chi connectivity index (χ0n) is 24.9. The van der Waals surface area contributed by atoms with E-state index >= 15 is 0 Å². The number of aryl methyl sites for hydroxylation is 1. The molecule has 5 N–H and O–H groups in total. The molecule has 1 saturated heterocycles. The first-order valence-electron chi connectivity index (χ1n) is 15.0.